The van der Waals surface area contributed by atoms with E-state index >= 15 is 0 Å². The molecule has 34 heavy (non-hydrogen) atoms. The zero-order chi connectivity index (χ0) is 24.6. The van der Waals surface area contributed by atoms with E-state index in [-0.39, 0.29) is 21.7 Å². The number of para-hydroxylation sites is 1. The van der Waals surface area contributed by atoms with Crippen LogP contribution in [-0.2, 0) is 9.53 Å². The largest absolute Gasteiger partial charge is 0.449 e. The SMILES string of the molecule is Cc1ccccc1N1C(=O)c2ccc(C(=O)O[C@H](C)C(=O)Nc3ccc(Cl)cc3Cl)cc2C1=O. The third-order valence-corrected chi connectivity index (χ3v) is 5.87. The number of hydrogen-bond donors (Lipinski definition) is 1. The maximum Gasteiger partial charge on any atom is 0.338 e. The average molecular weight is 497 g/mol. The molecular weight excluding hydrogens is 479 g/mol. The van der Waals surface area contributed by atoms with Crippen molar-refractivity contribution in [3.8, 4) is 0 Å². The molecule has 0 radical (unpaired) electrons. The second-order valence-electron chi connectivity index (χ2n) is 7.65. The molecule has 1 aliphatic heterocycles. The van der Waals surface area contributed by atoms with E-state index in [9.17, 15) is 19.2 Å². The fraction of sp³-hybridized carbons (Fsp3) is 0.120. The van der Waals surface area contributed by atoms with Gasteiger partial charge in [-0.05, 0) is 61.9 Å². The molecule has 1 N–H and O–H groups in total. The molecule has 0 saturated heterocycles. The Morgan fingerprint density at radius 2 is 1.65 bits per heavy atom. The number of imide groups is 1. The lowest BCUT2D eigenvalue weighted by molar-refractivity contribution is -0.123. The number of esters is 1. The summed E-state index contributed by atoms with van der Waals surface area (Å²) in [6.07, 6.45) is -1.16. The highest BCUT2D eigenvalue weighted by atomic mass is 35.5. The lowest BCUT2D eigenvalue weighted by Gasteiger charge is -2.16. The number of carbonyl (C=O) groups is 4. The van der Waals surface area contributed by atoms with Gasteiger partial charge in [-0.25, -0.2) is 9.69 Å². The smallest absolute Gasteiger partial charge is 0.338 e. The molecule has 1 aliphatic rings. The summed E-state index contributed by atoms with van der Waals surface area (Å²) in [6, 6.07) is 15.7. The lowest BCUT2D eigenvalue weighted by atomic mass is 10.1. The first-order chi connectivity index (χ1) is 16.2. The van der Waals surface area contributed by atoms with Gasteiger partial charge in [0.25, 0.3) is 17.7 Å². The van der Waals surface area contributed by atoms with E-state index in [2.05, 4.69) is 5.32 Å². The van der Waals surface area contributed by atoms with Crippen LogP contribution in [0.2, 0.25) is 10.0 Å². The monoisotopic (exact) mass is 496 g/mol. The van der Waals surface area contributed by atoms with E-state index in [1.807, 2.05) is 6.07 Å². The second-order valence-corrected chi connectivity index (χ2v) is 8.50. The number of carbonyl (C=O) groups excluding carboxylic acids is 4. The predicted octanol–water partition coefficient (Wildman–Crippen LogP) is 5.29. The van der Waals surface area contributed by atoms with Crippen LogP contribution < -0.4 is 10.2 Å². The average Bonchev–Trinajstić information content (AvgIpc) is 3.05. The van der Waals surface area contributed by atoms with Gasteiger partial charge in [-0.1, -0.05) is 41.4 Å². The Bertz CT molecular complexity index is 1350. The Labute approximate surface area is 205 Å². The molecule has 4 rings (SSSR count). The first-order valence-electron chi connectivity index (χ1n) is 10.2. The van der Waals surface area contributed by atoms with Gasteiger partial charge >= 0.3 is 5.97 Å². The molecule has 0 aliphatic carbocycles. The van der Waals surface area contributed by atoms with E-state index in [0.29, 0.717) is 16.4 Å². The van der Waals surface area contributed by atoms with Crippen molar-refractivity contribution in [1.29, 1.82) is 0 Å². The van der Waals surface area contributed by atoms with Crippen LogP contribution in [0.5, 0.6) is 0 Å². The van der Waals surface area contributed by atoms with E-state index in [4.69, 9.17) is 27.9 Å². The molecule has 7 nitrogen and oxygen atoms in total. The van der Waals surface area contributed by atoms with Crippen molar-refractivity contribution < 1.29 is 23.9 Å². The van der Waals surface area contributed by atoms with Gasteiger partial charge in [0.2, 0.25) is 0 Å². The van der Waals surface area contributed by atoms with Crippen LogP contribution in [0.4, 0.5) is 11.4 Å². The number of ether oxygens (including phenoxy) is 1. The summed E-state index contributed by atoms with van der Waals surface area (Å²) in [5.74, 6) is -2.42. The molecule has 1 heterocycles. The van der Waals surface area contributed by atoms with E-state index in [1.165, 1.54) is 37.3 Å². The molecule has 0 unspecified atom stereocenters. The maximum atomic E-state index is 13.0. The fourth-order valence-corrected chi connectivity index (χ4v) is 3.96. The van der Waals surface area contributed by atoms with Gasteiger partial charge in [0.1, 0.15) is 0 Å². The molecule has 1 atom stereocenters. The number of anilines is 2. The van der Waals surface area contributed by atoms with Crippen LogP contribution in [0.25, 0.3) is 0 Å². The number of fused-ring (bicyclic) bond motifs is 1. The number of halogens is 2. The minimum absolute atomic E-state index is 0.0377. The summed E-state index contributed by atoms with van der Waals surface area (Å²) in [4.78, 5) is 52.0. The molecule has 3 aromatic carbocycles. The van der Waals surface area contributed by atoms with Gasteiger partial charge in [0.05, 0.1) is 33.1 Å². The highest BCUT2D eigenvalue weighted by molar-refractivity contribution is 6.37. The standard InChI is InChI=1S/C25H18Cl2N2O5/c1-13-5-3-4-6-21(13)29-23(31)17-9-7-15(11-18(17)24(29)32)25(33)34-14(2)22(30)28-20-10-8-16(26)12-19(20)27/h3-12,14H,1-2H3,(H,28,30)/t14-/m1/s1. The van der Waals surface area contributed by atoms with Crippen LogP contribution >= 0.6 is 23.2 Å². The summed E-state index contributed by atoms with van der Waals surface area (Å²) >= 11 is 11.9. The molecule has 3 amide bonds. The summed E-state index contributed by atoms with van der Waals surface area (Å²) in [7, 11) is 0. The lowest BCUT2D eigenvalue weighted by Crippen LogP contribution is -2.30. The molecule has 0 spiro atoms. The zero-order valence-corrected chi connectivity index (χ0v) is 19.6. The Balaban J connectivity index is 1.50. The molecule has 0 saturated carbocycles. The number of hydrogen-bond acceptors (Lipinski definition) is 5. The van der Waals surface area contributed by atoms with Crippen molar-refractivity contribution in [3.05, 3.63) is 93.0 Å². The van der Waals surface area contributed by atoms with Gasteiger partial charge in [-0.15, -0.1) is 0 Å². The van der Waals surface area contributed by atoms with Crippen LogP contribution in [0.15, 0.2) is 60.7 Å². The quantitative estimate of drug-likeness (QED) is 0.382. The van der Waals surface area contributed by atoms with Crippen LogP contribution in [0.1, 0.15) is 43.6 Å². The molecule has 0 bridgehead atoms. The highest BCUT2D eigenvalue weighted by Crippen LogP contribution is 2.31. The van der Waals surface area contributed by atoms with Crippen molar-refractivity contribution >= 4 is 58.3 Å². The number of nitrogens with zero attached hydrogens (tertiary/aromatic N) is 1. The van der Waals surface area contributed by atoms with Crippen molar-refractivity contribution in [2.45, 2.75) is 20.0 Å². The third kappa shape index (κ3) is 4.40. The predicted molar refractivity (Wildman–Crippen MR) is 129 cm³/mol. The Kier molecular flexibility index (Phi) is 6.41. The van der Waals surface area contributed by atoms with Crippen molar-refractivity contribution in [2.75, 3.05) is 10.2 Å². The molecule has 0 fully saturated rings. The van der Waals surface area contributed by atoms with Crippen molar-refractivity contribution in [3.63, 3.8) is 0 Å². The number of benzene rings is 3. The molecule has 3 aromatic rings. The first kappa shape index (κ1) is 23.5. The minimum Gasteiger partial charge on any atom is -0.449 e. The summed E-state index contributed by atoms with van der Waals surface area (Å²) < 4.78 is 5.26. The fourth-order valence-electron chi connectivity index (χ4n) is 3.51. The van der Waals surface area contributed by atoms with E-state index < -0.39 is 29.8 Å². The number of aryl methyl sites for hydroxylation is 1. The van der Waals surface area contributed by atoms with Gasteiger partial charge < -0.3 is 10.1 Å². The Morgan fingerprint density at radius 3 is 2.35 bits per heavy atom. The van der Waals surface area contributed by atoms with Gasteiger partial charge in [0.15, 0.2) is 6.10 Å². The Hall–Kier alpha value is -3.68. The maximum absolute atomic E-state index is 13.0. The first-order valence-corrected chi connectivity index (χ1v) is 11.0. The van der Waals surface area contributed by atoms with E-state index in [1.54, 1.807) is 31.2 Å². The highest BCUT2D eigenvalue weighted by Gasteiger charge is 2.38. The summed E-state index contributed by atoms with van der Waals surface area (Å²) in [6.45, 7) is 3.20. The normalized spacial score (nSPS) is 13.5. The number of nitrogens with one attached hydrogen (secondary N) is 1. The van der Waals surface area contributed by atoms with Crippen LogP contribution in [0, 0.1) is 6.92 Å². The summed E-state index contributed by atoms with van der Waals surface area (Å²) in [5.41, 5.74) is 1.87. The third-order valence-electron chi connectivity index (χ3n) is 5.32. The van der Waals surface area contributed by atoms with Gasteiger partial charge in [0, 0.05) is 5.02 Å². The molecule has 0 aromatic heterocycles. The minimum atomic E-state index is -1.16. The van der Waals surface area contributed by atoms with E-state index in [0.717, 1.165) is 10.5 Å². The summed E-state index contributed by atoms with van der Waals surface area (Å²) in [5, 5.41) is 3.21. The topological polar surface area (TPSA) is 92.8 Å². The zero-order valence-electron chi connectivity index (χ0n) is 18.1. The molecule has 172 valence electrons. The van der Waals surface area contributed by atoms with Gasteiger partial charge in [-0.2, -0.15) is 0 Å². The number of amides is 3. The molecular formula is C25H18Cl2N2O5. The Morgan fingerprint density at radius 1 is 0.941 bits per heavy atom. The van der Waals surface area contributed by atoms with Gasteiger partial charge in [-0.3, -0.25) is 14.4 Å². The molecule has 9 heteroatoms. The van der Waals surface area contributed by atoms with Crippen LogP contribution in [0.3, 0.4) is 0 Å². The van der Waals surface area contributed by atoms with Crippen molar-refractivity contribution in [2.24, 2.45) is 0 Å². The van der Waals surface area contributed by atoms with Crippen LogP contribution in [-0.4, -0.2) is 29.8 Å². The van der Waals surface area contributed by atoms with Crippen molar-refractivity contribution in [1.82, 2.24) is 0 Å². The number of rotatable bonds is 5. The second kappa shape index (κ2) is 9.29.